The molecule has 0 unspecified atom stereocenters. The molecule has 8 nitrogen and oxygen atoms in total. The van der Waals surface area contributed by atoms with Crippen molar-refractivity contribution in [1.29, 1.82) is 0 Å². The average Bonchev–Trinajstić information content (AvgIpc) is 2.78. The number of rotatable bonds is 21. The van der Waals surface area contributed by atoms with E-state index in [0.29, 0.717) is 11.5 Å². The lowest BCUT2D eigenvalue weighted by molar-refractivity contribution is -0.194. The van der Waals surface area contributed by atoms with Crippen LogP contribution in [0.15, 0.2) is 0 Å². The molecule has 4 atom stereocenters. The summed E-state index contributed by atoms with van der Waals surface area (Å²) in [5, 5.41) is 0. The Bertz CT molecular complexity index is 643. The van der Waals surface area contributed by atoms with Crippen molar-refractivity contribution in [3.8, 4) is 0 Å². The smallest absolute Gasteiger partial charge is 0.303 e. The van der Waals surface area contributed by atoms with Crippen LogP contribution in [0, 0.1) is 0 Å². The number of carbonyl (C=O) groups excluding carboxylic acids is 4. The van der Waals surface area contributed by atoms with Gasteiger partial charge in [0.15, 0.2) is 24.4 Å². The highest BCUT2D eigenvalue weighted by molar-refractivity contribution is 7.99. The quantitative estimate of drug-likeness (QED) is 0.106. The van der Waals surface area contributed by atoms with E-state index in [1.807, 2.05) is 0 Å². The third kappa shape index (κ3) is 17.9. The molecule has 0 bridgehead atoms. The Labute approximate surface area is 225 Å². The van der Waals surface area contributed by atoms with E-state index in [1.54, 1.807) is 23.5 Å². The highest BCUT2D eigenvalue weighted by Gasteiger charge is 2.43. The van der Waals surface area contributed by atoms with E-state index >= 15 is 0 Å². The molecule has 0 fully saturated rings. The fraction of sp³-hybridized carbons (Fsp3) is 0.846. The molecule has 0 saturated carbocycles. The van der Waals surface area contributed by atoms with E-state index in [2.05, 4.69) is 13.8 Å². The van der Waals surface area contributed by atoms with Crippen molar-refractivity contribution in [3.63, 3.8) is 0 Å². The van der Waals surface area contributed by atoms with Gasteiger partial charge in [0.1, 0.15) is 0 Å². The summed E-state index contributed by atoms with van der Waals surface area (Å²) < 4.78 is 22.2. The summed E-state index contributed by atoms with van der Waals surface area (Å²) in [6, 6.07) is 0. The van der Waals surface area contributed by atoms with Gasteiger partial charge in [0.2, 0.25) is 0 Å². The topological polar surface area (TPSA) is 105 Å². The van der Waals surface area contributed by atoms with Crippen molar-refractivity contribution in [2.75, 3.05) is 23.0 Å². The third-order valence-electron chi connectivity index (χ3n) is 5.14. The molecule has 0 rings (SSSR count). The second kappa shape index (κ2) is 21.6. The maximum atomic E-state index is 12.1. The highest BCUT2D eigenvalue weighted by atomic mass is 32.2. The molecule has 210 valence electrons. The van der Waals surface area contributed by atoms with E-state index in [4.69, 9.17) is 18.9 Å². The Morgan fingerprint density at radius 1 is 0.528 bits per heavy atom. The van der Waals surface area contributed by atoms with Gasteiger partial charge < -0.3 is 18.9 Å². The molecule has 0 aromatic heterocycles. The van der Waals surface area contributed by atoms with Gasteiger partial charge in [-0.2, -0.15) is 23.5 Å². The molecule has 0 saturated heterocycles. The number of hydrogen-bond acceptors (Lipinski definition) is 10. The van der Waals surface area contributed by atoms with Crippen molar-refractivity contribution in [3.05, 3.63) is 0 Å². The predicted molar refractivity (Wildman–Crippen MR) is 145 cm³/mol. The van der Waals surface area contributed by atoms with Gasteiger partial charge in [0.05, 0.1) is 0 Å². The van der Waals surface area contributed by atoms with E-state index < -0.39 is 48.3 Å². The van der Waals surface area contributed by atoms with Gasteiger partial charge in [-0.05, 0) is 24.3 Å². The Morgan fingerprint density at radius 2 is 0.889 bits per heavy atom. The Morgan fingerprint density at radius 3 is 1.28 bits per heavy atom. The molecule has 0 aliphatic heterocycles. The second-order valence-electron chi connectivity index (χ2n) is 8.72. The molecule has 0 N–H and O–H groups in total. The zero-order valence-corrected chi connectivity index (χ0v) is 24.5. The molecule has 36 heavy (non-hydrogen) atoms. The number of esters is 4. The Kier molecular flexibility index (Phi) is 20.8. The van der Waals surface area contributed by atoms with Crippen molar-refractivity contribution >= 4 is 47.4 Å². The molecule has 0 aromatic rings. The van der Waals surface area contributed by atoms with Gasteiger partial charge in [-0.1, -0.05) is 52.4 Å². The summed E-state index contributed by atoms with van der Waals surface area (Å²) in [6.45, 7) is 9.29. The van der Waals surface area contributed by atoms with Gasteiger partial charge in [0.25, 0.3) is 0 Å². The van der Waals surface area contributed by atoms with E-state index in [-0.39, 0.29) is 0 Å². The Hall–Kier alpha value is -1.42. The summed E-state index contributed by atoms with van der Waals surface area (Å²) in [6.07, 6.45) is 5.00. The first kappa shape index (κ1) is 34.6. The van der Waals surface area contributed by atoms with E-state index in [0.717, 1.165) is 37.2 Å². The zero-order chi connectivity index (χ0) is 27.3. The van der Waals surface area contributed by atoms with Crippen LogP contribution in [0.3, 0.4) is 0 Å². The number of unbranched alkanes of at least 4 members (excludes halogenated alkanes) is 6. The molecule has 0 radical (unpaired) electrons. The number of carbonyl (C=O) groups is 4. The highest BCUT2D eigenvalue weighted by Crippen LogP contribution is 2.25. The first-order chi connectivity index (χ1) is 17.1. The zero-order valence-electron chi connectivity index (χ0n) is 22.9. The standard InChI is InChI=1S/C26H46O8S2/c1-7-9-11-12-13-14-16-36-18-24(32-20(4)28)26(34-22(6)30)25(33-21(5)29)23(31-19(3)27)17-35-15-10-8-2/h23-26H,7-18H2,1-6H3/t23-,24+,25-,26-/m1/s1. The average molecular weight is 551 g/mol. The normalized spacial score (nSPS) is 14.3. The summed E-state index contributed by atoms with van der Waals surface area (Å²) in [5.41, 5.74) is 0. The van der Waals surface area contributed by atoms with Crippen molar-refractivity contribution < 1.29 is 38.1 Å². The van der Waals surface area contributed by atoms with Crippen molar-refractivity contribution in [2.24, 2.45) is 0 Å². The van der Waals surface area contributed by atoms with Crippen molar-refractivity contribution in [1.82, 2.24) is 0 Å². The van der Waals surface area contributed by atoms with Gasteiger partial charge in [0, 0.05) is 39.2 Å². The lowest BCUT2D eigenvalue weighted by atomic mass is 10.0. The third-order valence-corrected chi connectivity index (χ3v) is 7.43. The lowest BCUT2D eigenvalue weighted by Crippen LogP contribution is -2.53. The van der Waals surface area contributed by atoms with Crippen LogP contribution in [-0.4, -0.2) is 71.3 Å². The minimum Gasteiger partial charge on any atom is -0.458 e. The summed E-state index contributed by atoms with van der Waals surface area (Å²) >= 11 is 3.14. The van der Waals surface area contributed by atoms with Crippen molar-refractivity contribution in [2.45, 2.75) is 117 Å². The lowest BCUT2D eigenvalue weighted by Gasteiger charge is -2.35. The van der Waals surface area contributed by atoms with Gasteiger partial charge in [-0.15, -0.1) is 0 Å². The van der Waals surface area contributed by atoms with Crippen LogP contribution in [0.5, 0.6) is 0 Å². The summed E-state index contributed by atoms with van der Waals surface area (Å²) in [5.74, 6) is 0.0595. The van der Waals surface area contributed by atoms with Gasteiger partial charge in [-0.3, -0.25) is 19.2 Å². The maximum Gasteiger partial charge on any atom is 0.303 e. The Balaban J connectivity index is 5.69. The first-order valence-corrected chi connectivity index (χ1v) is 15.3. The fourth-order valence-electron chi connectivity index (χ4n) is 3.54. The summed E-state index contributed by atoms with van der Waals surface area (Å²) in [7, 11) is 0. The molecule has 0 aromatic carbocycles. The van der Waals surface area contributed by atoms with E-state index in [9.17, 15) is 19.2 Å². The van der Waals surface area contributed by atoms with Crippen LogP contribution in [0.1, 0.15) is 92.9 Å². The number of thioether (sulfide) groups is 2. The minimum atomic E-state index is -1.12. The number of ether oxygens (including phenoxy) is 4. The van der Waals surface area contributed by atoms with Crippen LogP contribution in [0.2, 0.25) is 0 Å². The molecule has 0 spiro atoms. The molecule has 0 aliphatic carbocycles. The maximum absolute atomic E-state index is 12.1. The number of hydrogen-bond donors (Lipinski definition) is 0. The van der Waals surface area contributed by atoms with Crippen LogP contribution < -0.4 is 0 Å². The van der Waals surface area contributed by atoms with Crippen LogP contribution in [-0.2, 0) is 38.1 Å². The van der Waals surface area contributed by atoms with Gasteiger partial charge >= 0.3 is 23.9 Å². The largest absolute Gasteiger partial charge is 0.458 e. The van der Waals surface area contributed by atoms with Crippen LogP contribution in [0.4, 0.5) is 0 Å². The molecule has 0 aliphatic rings. The minimum absolute atomic E-state index is 0.340. The monoisotopic (exact) mass is 550 g/mol. The first-order valence-electron chi connectivity index (χ1n) is 13.0. The molecule has 0 heterocycles. The summed E-state index contributed by atoms with van der Waals surface area (Å²) in [4.78, 5) is 47.9. The fourth-order valence-corrected chi connectivity index (χ4v) is 5.75. The van der Waals surface area contributed by atoms with E-state index in [1.165, 1.54) is 53.4 Å². The van der Waals surface area contributed by atoms with Crippen LogP contribution in [0.25, 0.3) is 0 Å². The van der Waals surface area contributed by atoms with Crippen LogP contribution >= 0.6 is 23.5 Å². The second-order valence-corrected chi connectivity index (χ2v) is 11.0. The molecule has 0 amide bonds. The van der Waals surface area contributed by atoms with Gasteiger partial charge in [-0.25, -0.2) is 0 Å². The SMILES string of the molecule is CCCCCCCCSC[C@H](OC(C)=O)[C@@H](OC(C)=O)[C@H](OC(C)=O)[C@@H](CSCCCC)OC(C)=O. The molecule has 10 heteroatoms. The molecular weight excluding hydrogens is 504 g/mol. The predicted octanol–water partition coefficient (Wildman–Crippen LogP) is 5.34. The molecular formula is C26H46O8S2.